The van der Waals surface area contributed by atoms with E-state index in [1.165, 1.54) is 0 Å². The molecule has 0 radical (unpaired) electrons. The van der Waals surface area contributed by atoms with Crippen molar-refractivity contribution in [2.75, 3.05) is 6.54 Å². The Kier molecular flexibility index (Phi) is 7.54. The highest BCUT2D eigenvalue weighted by Gasteiger charge is 2.20. The van der Waals surface area contributed by atoms with Gasteiger partial charge in [-0.05, 0) is 25.7 Å². The van der Waals surface area contributed by atoms with E-state index in [2.05, 4.69) is 10.6 Å². The molecular formula is C12H25N3O2. The Morgan fingerprint density at radius 3 is 2.24 bits per heavy atom. The fourth-order valence-corrected chi connectivity index (χ4v) is 1.40. The Morgan fingerprint density at radius 2 is 1.76 bits per heavy atom. The summed E-state index contributed by atoms with van der Waals surface area (Å²) in [6, 6.07) is -1.08. The van der Waals surface area contributed by atoms with Gasteiger partial charge in [0.2, 0.25) is 11.8 Å². The number of rotatable bonds is 7. The van der Waals surface area contributed by atoms with Crippen LogP contribution in [0.5, 0.6) is 0 Å². The quantitative estimate of drug-likeness (QED) is 0.605. The summed E-state index contributed by atoms with van der Waals surface area (Å²) in [6.45, 7) is 8.26. The normalized spacial score (nSPS) is 14.2. The number of nitrogens with two attached hydrogens (primary N) is 1. The molecule has 0 saturated carbocycles. The van der Waals surface area contributed by atoms with Gasteiger partial charge in [-0.2, -0.15) is 0 Å². The molecule has 4 N–H and O–H groups in total. The first-order valence-corrected chi connectivity index (χ1v) is 6.22. The minimum atomic E-state index is -0.545. The Balaban J connectivity index is 4.05. The molecule has 2 amide bonds. The second kappa shape index (κ2) is 8.06. The smallest absolute Gasteiger partial charge is 0.242 e. The molecule has 0 bridgehead atoms. The summed E-state index contributed by atoms with van der Waals surface area (Å²) in [5.41, 5.74) is 5.72. The number of hydrogen-bond acceptors (Lipinski definition) is 3. The van der Waals surface area contributed by atoms with Crippen molar-refractivity contribution in [3.63, 3.8) is 0 Å². The molecule has 0 aromatic rings. The summed E-state index contributed by atoms with van der Waals surface area (Å²) < 4.78 is 0. The number of amides is 2. The molecular weight excluding hydrogens is 218 g/mol. The van der Waals surface area contributed by atoms with Crippen LogP contribution in [0, 0.1) is 5.92 Å². The third kappa shape index (κ3) is 6.94. The molecule has 0 aliphatic rings. The Bertz CT molecular complexity index is 254. The predicted molar refractivity (Wildman–Crippen MR) is 68.3 cm³/mol. The van der Waals surface area contributed by atoms with Crippen molar-refractivity contribution in [3.05, 3.63) is 0 Å². The molecule has 5 nitrogen and oxygen atoms in total. The maximum absolute atomic E-state index is 11.7. The van der Waals surface area contributed by atoms with Crippen LogP contribution in [0.25, 0.3) is 0 Å². The summed E-state index contributed by atoms with van der Waals surface area (Å²) in [5.74, 6) is -0.0743. The van der Waals surface area contributed by atoms with Crippen LogP contribution < -0.4 is 16.4 Å². The Morgan fingerprint density at radius 1 is 1.18 bits per heavy atom. The second-order valence-electron chi connectivity index (χ2n) is 4.76. The topological polar surface area (TPSA) is 84.2 Å². The molecule has 0 aliphatic carbocycles. The highest BCUT2D eigenvalue weighted by atomic mass is 16.2. The minimum Gasteiger partial charge on any atom is -0.354 e. The highest BCUT2D eigenvalue weighted by Crippen LogP contribution is 2.02. The monoisotopic (exact) mass is 243 g/mol. The first-order chi connectivity index (χ1) is 7.88. The zero-order valence-corrected chi connectivity index (χ0v) is 11.2. The first kappa shape index (κ1) is 15.9. The number of carbonyl (C=O) groups excluding carboxylic acids is 2. The van der Waals surface area contributed by atoms with Gasteiger partial charge in [0, 0.05) is 6.54 Å². The lowest BCUT2D eigenvalue weighted by Crippen LogP contribution is -2.50. The molecule has 2 atom stereocenters. The van der Waals surface area contributed by atoms with E-state index in [1.54, 1.807) is 6.92 Å². The van der Waals surface area contributed by atoms with Crippen LogP contribution >= 0.6 is 0 Å². The lowest BCUT2D eigenvalue weighted by Gasteiger charge is -2.18. The third-order valence-electron chi connectivity index (χ3n) is 2.36. The van der Waals surface area contributed by atoms with Crippen molar-refractivity contribution in [2.24, 2.45) is 11.7 Å². The fourth-order valence-electron chi connectivity index (χ4n) is 1.40. The minimum absolute atomic E-state index is 0.169. The summed E-state index contributed by atoms with van der Waals surface area (Å²) in [7, 11) is 0. The van der Waals surface area contributed by atoms with E-state index in [0.717, 1.165) is 6.42 Å². The maximum atomic E-state index is 11.7. The van der Waals surface area contributed by atoms with Crippen molar-refractivity contribution in [3.8, 4) is 0 Å². The van der Waals surface area contributed by atoms with Crippen LogP contribution in [0.2, 0.25) is 0 Å². The Labute approximate surface area is 104 Å². The maximum Gasteiger partial charge on any atom is 0.242 e. The lowest BCUT2D eigenvalue weighted by molar-refractivity contribution is -0.129. The van der Waals surface area contributed by atoms with Crippen molar-refractivity contribution >= 4 is 11.8 Å². The predicted octanol–water partition coefficient (Wildman–Crippen LogP) is 0.391. The SMILES string of the molecule is CCCNC(=O)C(C)NC(=O)[C@@H](N)CC(C)C. The average Bonchev–Trinajstić information content (AvgIpc) is 2.24. The van der Waals surface area contributed by atoms with Gasteiger partial charge in [0.1, 0.15) is 6.04 Å². The van der Waals surface area contributed by atoms with Gasteiger partial charge in [-0.3, -0.25) is 9.59 Å². The van der Waals surface area contributed by atoms with Crippen molar-refractivity contribution < 1.29 is 9.59 Å². The van der Waals surface area contributed by atoms with Gasteiger partial charge in [0.25, 0.3) is 0 Å². The molecule has 0 spiro atoms. The third-order valence-corrected chi connectivity index (χ3v) is 2.36. The van der Waals surface area contributed by atoms with E-state index in [0.29, 0.717) is 18.9 Å². The van der Waals surface area contributed by atoms with Crippen LogP contribution in [0.1, 0.15) is 40.5 Å². The van der Waals surface area contributed by atoms with E-state index < -0.39 is 12.1 Å². The Hall–Kier alpha value is -1.10. The number of carbonyl (C=O) groups is 2. The summed E-state index contributed by atoms with van der Waals surface area (Å²) in [6.07, 6.45) is 1.49. The first-order valence-electron chi connectivity index (χ1n) is 6.22. The fraction of sp³-hybridized carbons (Fsp3) is 0.833. The van der Waals surface area contributed by atoms with Gasteiger partial charge in [-0.15, -0.1) is 0 Å². The van der Waals surface area contributed by atoms with Crippen molar-refractivity contribution in [2.45, 2.75) is 52.6 Å². The van der Waals surface area contributed by atoms with Crippen LogP contribution in [0.3, 0.4) is 0 Å². The standard InChI is InChI=1S/C12H25N3O2/c1-5-6-14-11(16)9(4)15-12(17)10(13)7-8(2)3/h8-10H,5-7,13H2,1-4H3,(H,14,16)(H,15,17)/t9?,10-/m0/s1. The molecule has 0 aromatic heterocycles. The highest BCUT2D eigenvalue weighted by molar-refractivity contribution is 5.89. The van der Waals surface area contributed by atoms with E-state index in [4.69, 9.17) is 5.73 Å². The molecule has 17 heavy (non-hydrogen) atoms. The van der Waals surface area contributed by atoms with E-state index in [9.17, 15) is 9.59 Å². The van der Waals surface area contributed by atoms with Gasteiger partial charge >= 0.3 is 0 Å². The summed E-state index contributed by atoms with van der Waals surface area (Å²) in [4.78, 5) is 23.2. The number of nitrogens with one attached hydrogen (secondary N) is 2. The molecule has 0 fully saturated rings. The zero-order chi connectivity index (χ0) is 13.4. The zero-order valence-electron chi connectivity index (χ0n) is 11.2. The van der Waals surface area contributed by atoms with Crippen LogP contribution in [-0.4, -0.2) is 30.4 Å². The van der Waals surface area contributed by atoms with Crippen LogP contribution in [-0.2, 0) is 9.59 Å². The molecule has 0 aromatic carbocycles. The van der Waals surface area contributed by atoms with Gasteiger partial charge < -0.3 is 16.4 Å². The average molecular weight is 243 g/mol. The summed E-state index contributed by atoms with van der Waals surface area (Å²) >= 11 is 0. The van der Waals surface area contributed by atoms with Gasteiger partial charge in [0.15, 0.2) is 0 Å². The molecule has 0 heterocycles. The second-order valence-corrected chi connectivity index (χ2v) is 4.76. The summed E-state index contributed by atoms with van der Waals surface area (Å²) in [5, 5.41) is 5.34. The molecule has 5 heteroatoms. The van der Waals surface area contributed by atoms with E-state index in [-0.39, 0.29) is 11.8 Å². The van der Waals surface area contributed by atoms with Crippen LogP contribution in [0.4, 0.5) is 0 Å². The van der Waals surface area contributed by atoms with Crippen molar-refractivity contribution in [1.29, 1.82) is 0 Å². The van der Waals surface area contributed by atoms with Crippen LogP contribution in [0.15, 0.2) is 0 Å². The van der Waals surface area contributed by atoms with Crippen molar-refractivity contribution in [1.82, 2.24) is 10.6 Å². The molecule has 0 saturated heterocycles. The lowest BCUT2D eigenvalue weighted by atomic mass is 10.0. The van der Waals surface area contributed by atoms with E-state index in [1.807, 2.05) is 20.8 Å². The van der Waals surface area contributed by atoms with Gasteiger partial charge in [0.05, 0.1) is 6.04 Å². The molecule has 100 valence electrons. The molecule has 0 aliphatic heterocycles. The van der Waals surface area contributed by atoms with Gasteiger partial charge in [-0.25, -0.2) is 0 Å². The van der Waals surface area contributed by atoms with E-state index >= 15 is 0 Å². The molecule has 0 rings (SSSR count). The molecule has 1 unspecified atom stereocenters. The largest absolute Gasteiger partial charge is 0.354 e. The van der Waals surface area contributed by atoms with Gasteiger partial charge in [-0.1, -0.05) is 20.8 Å². The number of hydrogen-bond donors (Lipinski definition) is 3.